The van der Waals surface area contributed by atoms with Gasteiger partial charge in [-0.15, -0.1) is 0 Å². The number of carbonyl (C=O) groups is 2. The van der Waals surface area contributed by atoms with Gasteiger partial charge in [0.05, 0.1) is 11.3 Å². The van der Waals surface area contributed by atoms with Crippen LogP contribution in [0.1, 0.15) is 44.7 Å². The monoisotopic (exact) mass is 349 g/mol. The molecule has 1 N–H and O–H groups in total. The van der Waals surface area contributed by atoms with Crippen LogP contribution >= 0.6 is 0 Å². The average molecular weight is 349 g/mol. The van der Waals surface area contributed by atoms with Gasteiger partial charge in [-0.25, -0.2) is 0 Å². The highest BCUT2D eigenvalue weighted by Crippen LogP contribution is 2.35. The smallest absolute Gasteiger partial charge is 0.257 e. The maximum Gasteiger partial charge on any atom is 0.257 e. The molecule has 2 amide bonds. The number of rotatable bonds is 2. The lowest BCUT2D eigenvalue weighted by Crippen LogP contribution is -2.50. The molecule has 2 heterocycles. The second-order valence-electron chi connectivity index (χ2n) is 7.17. The molecule has 0 spiro atoms. The molecule has 4 rings (SSSR count). The fraction of sp³-hybridized carbons (Fsp3) is 0.333. The Morgan fingerprint density at radius 3 is 2.81 bits per heavy atom. The summed E-state index contributed by atoms with van der Waals surface area (Å²) >= 11 is 0. The molecule has 5 nitrogen and oxygen atoms in total. The SMILES string of the molecule is Cc1cccc(NC(=O)c2ccc3c(c2)N(C)[C@@H]2CCCN2C3=O)c1C. The standard InChI is InChI=1S/C21H23N3O2/c1-13-6-4-7-17(14(13)2)22-20(25)15-9-10-16-18(12-15)23(3)19-8-5-11-24(19)21(16)26/h4,6-7,9-10,12,19H,5,8,11H2,1-3H3,(H,22,25)/t19-/m0/s1. The lowest BCUT2D eigenvalue weighted by Gasteiger charge is -2.40. The van der Waals surface area contributed by atoms with Gasteiger partial charge in [-0.2, -0.15) is 0 Å². The number of benzene rings is 2. The van der Waals surface area contributed by atoms with Crippen LogP contribution in [0.4, 0.5) is 11.4 Å². The first-order valence-electron chi connectivity index (χ1n) is 9.03. The summed E-state index contributed by atoms with van der Waals surface area (Å²) in [5, 5.41) is 2.99. The van der Waals surface area contributed by atoms with E-state index < -0.39 is 0 Å². The number of nitrogens with one attached hydrogen (secondary N) is 1. The van der Waals surface area contributed by atoms with Crippen LogP contribution in [0.15, 0.2) is 36.4 Å². The van der Waals surface area contributed by atoms with E-state index in [0.717, 1.165) is 41.9 Å². The van der Waals surface area contributed by atoms with Crippen LogP contribution in [0.5, 0.6) is 0 Å². The minimum absolute atomic E-state index is 0.0714. The van der Waals surface area contributed by atoms with Crippen molar-refractivity contribution >= 4 is 23.2 Å². The molecule has 0 saturated carbocycles. The van der Waals surface area contributed by atoms with E-state index in [9.17, 15) is 9.59 Å². The molecular formula is C21H23N3O2. The second-order valence-corrected chi connectivity index (χ2v) is 7.17. The fourth-order valence-corrected chi connectivity index (χ4v) is 3.93. The van der Waals surface area contributed by atoms with Crippen molar-refractivity contribution in [3.63, 3.8) is 0 Å². The van der Waals surface area contributed by atoms with E-state index in [-0.39, 0.29) is 18.0 Å². The Balaban J connectivity index is 1.65. The van der Waals surface area contributed by atoms with Crippen LogP contribution in [0.25, 0.3) is 0 Å². The van der Waals surface area contributed by atoms with Crippen LogP contribution < -0.4 is 10.2 Å². The summed E-state index contributed by atoms with van der Waals surface area (Å²) in [7, 11) is 2.00. The number of fused-ring (bicyclic) bond motifs is 2. The second kappa shape index (κ2) is 6.16. The topological polar surface area (TPSA) is 52.7 Å². The van der Waals surface area contributed by atoms with Crippen LogP contribution in [0.3, 0.4) is 0 Å². The molecule has 2 aromatic rings. The summed E-state index contributed by atoms with van der Waals surface area (Å²) < 4.78 is 0. The van der Waals surface area contributed by atoms with E-state index in [0.29, 0.717) is 11.1 Å². The van der Waals surface area contributed by atoms with E-state index in [4.69, 9.17) is 0 Å². The number of hydrogen-bond acceptors (Lipinski definition) is 3. The van der Waals surface area contributed by atoms with Gasteiger partial charge in [0.2, 0.25) is 0 Å². The molecule has 2 aliphatic rings. The molecular weight excluding hydrogens is 326 g/mol. The normalized spacial score (nSPS) is 18.6. The van der Waals surface area contributed by atoms with Gasteiger partial charge in [-0.3, -0.25) is 9.59 Å². The van der Waals surface area contributed by atoms with Crippen LogP contribution in [0, 0.1) is 13.8 Å². The first-order valence-corrected chi connectivity index (χ1v) is 9.03. The molecule has 26 heavy (non-hydrogen) atoms. The van der Waals surface area contributed by atoms with Gasteiger partial charge >= 0.3 is 0 Å². The number of nitrogens with zero attached hydrogens (tertiary/aromatic N) is 2. The van der Waals surface area contributed by atoms with Crippen molar-refractivity contribution in [2.75, 3.05) is 23.8 Å². The van der Waals surface area contributed by atoms with Crippen molar-refractivity contribution in [3.8, 4) is 0 Å². The maximum absolute atomic E-state index is 12.8. The van der Waals surface area contributed by atoms with Crippen molar-refractivity contribution in [2.24, 2.45) is 0 Å². The zero-order chi connectivity index (χ0) is 18.4. The van der Waals surface area contributed by atoms with Crippen molar-refractivity contribution in [2.45, 2.75) is 32.9 Å². The number of amides is 2. The summed E-state index contributed by atoms with van der Waals surface area (Å²) in [4.78, 5) is 29.5. The highest BCUT2D eigenvalue weighted by atomic mass is 16.2. The largest absolute Gasteiger partial charge is 0.354 e. The Hall–Kier alpha value is -2.82. The number of hydrogen-bond donors (Lipinski definition) is 1. The van der Waals surface area contributed by atoms with Gasteiger partial charge in [-0.1, -0.05) is 12.1 Å². The van der Waals surface area contributed by atoms with Gasteiger partial charge in [0.25, 0.3) is 11.8 Å². The van der Waals surface area contributed by atoms with Crippen LogP contribution in [-0.2, 0) is 0 Å². The Labute approximate surface area is 153 Å². The molecule has 1 fully saturated rings. The summed E-state index contributed by atoms with van der Waals surface area (Å²) in [6.45, 7) is 4.83. The molecule has 1 atom stereocenters. The van der Waals surface area contributed by atoms with Gasteiger partial charge in [-0.05, 0) is 62.1 Å². The quantitative estimate of drug-likeness (QED) is 0.902. The van der Waals surface area contributed by atoms with Gasteiger partial charge in [0.1, 0.15) is 6.17 Å². The van der Waals surface area contributed by atoms with Crippen molar-refractivity contribution in [3.05, 3.63) is 58.7 Å². The molecule has 0 bridgehead atoms. The third-order valence-corrected chi connectivity index (χ3v) is 5.65. The number of anilines is 2. The predicted octanol–water partition coefficient (Wildman–Crippen LogP) is 3.57. The zero-order valence-corrected chi connectivity index (χ0v) is 15.4. The molecule has 134 valence electrons. The van der Waals surface area contributed by atoms with E-state index in [1.165, 1.54) is 0 Å². The third-order valence-electron chi connectivity index (χ3n) is 5.65. The molecule has 0 radical (unpaired) electrons. The summed E-state index contributed by atoms with van der Waals surface area (Å²) in [5.41, 5.74) is 5.10. The van der Waals surface area contributed by atoms with Gasteiger partial charge in [0.15, 0.2) is 0 Å². The summed E-state index contributed by atoms with van der Waals surface area (Å²) in [6.07, 6.45) is 2.10. The average Bonchev–Trinajstić information content (AvgIpc) is 3.13. The van der Waals surface area contributed by atoms with Gasteiger partial charge < -0.3 is 15.1 Å². The van der Waals surface area contributed by atoms with E-state index in [2.05, 4.69) is 10.2 Å². The number of carbonyl (C=O) groups excluding carboxylic acids is 2. The third kappa shape index (κ3) is 2.55. The van der Waals surface area contributed by atoms with E-state index in [1.54, 1.807) is 12.1 Å². The molecule has 2 aromatic carbocycles. The van der Waals surface area contributed by atoms with E-state index >= 15 is 0 Å². The van der Waals surface area contributed by atoms with Crippen molar-refractivity contribution in [1.29, 1.82) is 0 Å². The Kier molecular flexibility index (Phi) is 3.94. The van der Waals surface area contributed by atoms with Gasteiger partial charge in [0, 0.05) is 24.8 Å². The molecule has 0 unspecified atom stereocenters. The molecule has 0 aliphatic carbocycles. The summed E-state index contributed by atoms with van der Waals surface area (Å²) in [5.74, 6) is -0.0849. The first kappa shape index (κ1) is 16.6. The molecule has 1 saturated heterocycles. The van der Waals surface area contributed by atoms with E-state index in [1.807, 2.05) is 50.1 Å². The highest BCUT2D eigenvalue weighted by molar-refractivity contribution is 6.08. The fourth-order valence-electron chi connectivity index (χ4n) is 3.93. The predicted molar refractivity (Wildman–Crippen MR) is 103 cm³/mol. The zero-order valence-electron chi connectivity index (χ0n) is 15.4. The van der Waals surface area contributed by atoms with Crippen molar-refractivity contribution in [1.82, 2.24) is 4.90 Å². The Morgan fingerprint density at radius 2 is 2.00 bits per heavy atom. The minimum Gasteiger partial charge on any atom is -0.354 e. The maximum atomic E-state index is 12.8. The Morgan fingerprint density at radius 1 is 1.19 bits per heavy atom. The molecule has 5 heteroatoms. The lowest BCUT2D eigenvalue weighted by molar-refractivity contribution is 0.0719. The molecule has 0 aromatic heterocycles. The molecule has 2 aliphatic heterocycles. The van der Waals surface area contributed by atoms with Crippen molar-refractivity contribution < 1.29 is 9.59 Å². The number of aryl methyl sites for hydroxylation is 1. The van der Waals surface area contributed by atoms with Crippen LogP contribution in [-0.4, -0.2) is 36.5 Å². The first-order chi connectivity index (χ1) is 12.5. The lowest BCUT2D eigenvalue weighted by atomic mass is 10.0. The van der Waals surface area contributed by atoms with Crippen LogP contribution in [0.2, 0.25) is 0 Å². The Bertz CT molecular complexity index is 906. The highest BCUT2D eigenvalue weighted by Gasteiger charge is 2.38. The minimum atomic E-state index is -0.156. The summed E-state index contributed by atoms with van der Waals surface area (Å²) in [6, 6.07) is 11.2.